The smallest absolute Gasteiger partial charge is 0.417 e. The van der Waals surface area contributed by atoms with Crippen molar-refractivity contribution in [2.24, 2.45) is 0 Å². The number of aromatic carboxylic acids is 1. The van der Waals surface area contributed by atoms with Crippen molar-refractivity contribution in [2.75, 3.05) is 9.80 Å². The minimum Gasteiger partial charge on any atom is -0.478 e. The van der Waals surface area contributed by atoms with Crippen molar-refractivity contribution in [3.8, 4) is 6.07 Å². The second-order valence-corrected chi connectivity index (χ2v) is 7.72. The molecule has 1 atom stereocenters. The third-order valence-corrected chi connectivity index (χ3v) is 5.44. The fourth-order valence-electron chi connectivity index (χ4n) is 3.45. The van der Waals surface area contributed by atoms with Crippen LogP contribution in [0, 0.1) is 17.1 Å². The van der Waals surface area contributed by atoms with Crippen molar-refractivity contribution in [3.05, 3.63) is 58.9 Å². The molecule has 1 heterocycles. The third kappa shape index (κ3) is 3.67. The topological polar surface area (TPSA) is 84.6 Å². The van der Waals surface area contributed by atoms with E-state index in [0.717, 1.165) is 23.1 Å². The monoisotopic (exact) mass is 453 g/mol. The van der Waals surface area contributed by atoms with Crippen LogP contribution >= 0.6 is 12.6 Å². The summed E-state index contributed by atoms with van der Waals surface area (Å²) in [5, 5.41) is 18.0. The van der Waals surface area contributed by atoms with Gasteiger partial charge in [0.15, 0.2) is 5.50 Å². The third-order valence-electron chi connectivity index (χ3n) is 4.97. The highest BCUT2D eigenvalue weighted by Crippen LogP contribution is 2.42. The molecule has 1 unspecified atom stereocenters. The summed E-state index contributed by atoms with van der Waals surface area (Å²) in [5.41, 5.74) is -4.87. The number of benzene rings is 2. The van der Waals surface area contributed by atoms with Crippen LogP contribution in [0.25, 0.3) is 0 Å². The van der Waals surface area contributed by atoms with Gasteiger partial charge in [-0.05, 0) is 50.2 Å². The molecule has 31 heavy (non-hydrogen) atoms. The van der Waals surface area contributed by atoms with Gasteiger partial charge in [-0.25, -0.2) is 9.18 Å². The molecule has 0 bridgehead atoms. The lowest BCUT2D eigenvalue weighted by Crippen LogP contribution is -2.45. The molecule has 0 aliphatic carbocycles. The number of rotatable bonds is 3. The molecule has 0 saturated carbocycles. The average Bonchev–Trinajstić information content (AvgIpc) is 2.84. The Bertz CT molecular complexity index is 1130. The number of carbonyl (C=O) groups excluding carboxylic acids is 1. The predicted octanol–water partition coefficient (Wildman–Crippen LogP) is 4.26. The van der Waals surface area contributed by atoms with Crippen LogP contribution in [0.3, 0.4) is 0 Å². The Morgan fingerprint density at radius 3 is 2.32 bits per heavy atom. The van der Waals surface area contributed by atoms with Crippen LogP contribution in [-0.4, -0.2) is 28.0 Å². The summed E-state index contributed by atoms with van der Waals surface area (Å²) >= 11 is 4.38. The highest BCUT2D eigenvalue weighted by atomic mass is 32.1. The first-order valence-electron chi connectivity index (χ1n) is 8.76. The Morgan fingerprint density at radius 1 is 1.19 bits per heavy atom. The average molecular weight is 453 g/mol. The lowest BCUT2D eigenvalue weighted by atomic mass is 10.0. The number of carboxylic acid groups (broad SMARTS) is 1. The first-order valence-corrected chi connectivity index (χ1v) is 9.27. The second-order valence-electron chi connectivity index (χ2n) is 7.26. The van der Waals surface area contributed by atoms with E-state index in [1.807, 2.05) is 0 Å². The molecule has 2 aromatic carbocycles. The maximum absolute atomic E-state index is 14.2. The number of amides is 1. The maximum Gasteiger partial charge on any atom is 0.417 e. The molecule has 0 spiro atoms. The summed E-state index contributed by atoms with van der Waals surface area (Å²) in [6, 6.07) is 7.55. The largest absolute Gasteiger partial charge is 0.478 e. The normalized spacial score (nSPS) is 18.3. The molecule has 6 nitrogen and oxygen atoms in total. The summed E-state index contributed by atoms with van der Waals surface area (Å²) < 4.78 is 54.3. The van der Waals surface area contributed by atoms with E-state index in [1.165, 1.54) is 36.9 Å². The van der Waals surface area contributed by atoms with Gasteiger partial charge in [0.05, 0.1) is 22.8 Å². The first-order chi connectivity index (χ1) is 14.3. The molecule has 1 saturated heterocycles. The number of hydrogen-bond acceptors (Lipinski definition) is 5. The Hall–Kier alpha value is -3.26. The zero-order valence-electron chi connectivity index (χ0n) is 16.1. The first kappa shape index (κ1) is 22.4. The summed E-state index contributed by atoms with van der Waals surface area (Å²) in [4.78, 5) is 26.5. The molecule has 1 amide bonds. The van der Waals surface area contributed by atoms with Gasteiger partial charge in [-0.15, -0.1) is 12.6 Å². The minimum atomic E-state index is -4.82. The van der Waals surface area contributed by atoms with Gasteiger partial charge in [0, 0.05) is 11.4 Å². The van der Waals surface area contributed by atoms with Crippen molar-refractivity contribution >= 4 is 35.9 Å². The van der Waals surface area contributed by atoms with Crippen molar-refractivity contribution < 1.29 is 32.3 Å². The number of nitriles is 1. The van der Waals surface area contributed by atoms with Crippen LogP contribution in [-0.2, 0) is 11.0 Å². The Balaban J connectivity index is 2.10. The SMILES string of the molecule is CC1(C)C(=O)N(c2ccc(C#N)c(C(F)(F)F)c2)C(S)N1c1ccc(C(=O)O)c(F)c1. The van der Waals surface area contributed by atoms with E-state index in [4.69, 9.17) is 10.4 Å². The number of alkyl halides is 3. The van der Waals surface area contributed by atoms with Crippen LogP contribution in [0.5, 0.6) is 0 Å². The molecule has 3 rings (SSSR count). The lowest BCUT2D eigenvalue weighted by molar-refractivity contribution is -0.137. The van der Waals surface area contributed by atoms with E-state index in [1.54, 1.807) is 0 Å². The van der Waals surface area contributed by atoms with Gasteiger partial charge >= 0.3 is 12.1 Å². The highest BCUT2D eigenvalue weighted by molar-refractivity contribution is 7.81. The van der Waals surface area contributed by atoms with Crippen molar-refractivity contribution in [3.63, 3.8) is 0 Å². The molecule has 1 aliphatic heterocycles. The van der Waals surface area contributed by atoms with Gasteiger partial charge < -0.3 is 10.0 Å². The molecular weight excluding hydrogens is 438 g/mol. The van der Waals surface area contributed by atoms with Crippen molar-refractivity contribution in [1.82, 2.24) is 0 Å². The van der Waals surface area contributed by atoms with E-state index in [9.17, 15) is 27.2 Å². The standard InChI is InChI=1S/C20H15F4N3O3S/c1-19(2)17(30)26(11-4-3-10(9-25)14(7-11)20(22,23)24)18(31)27(19)12-5-6-13(16(28)29)15(21)8-12/h3-8,18,31H,1-2H3,(H,28,29). The highest BCUT2D eigenvalue weighted by Gasteiger charge is 2.51. The van der Waals surface area contributed by atoms with Crippen LogP contribution in [0.15, 0.2) is 36.4 Å². The van der Waals surface area contributed by atoms with Gasteiger partial charge in [-0.1, -0.05) is 0 Å². The molecule has 11 heteroatoms. The van der Waals surface area contributed by atoms with Gasteiger partial charge in [0.25, 0.3) is 5.91 Å². The summed E-state index contributed by atoms with van der Waals surface area (Å²) in [7, 11) is 0. The van der Waals surface area contributed by atoms with E-state index in [0.29, 0.717) is 6.07 Å². The fraction of sp³-hybridized carbons (Fsp3) is 0.250. The number of hydrogen-bond donors (Lipinski definition) is 2. The molecule has 2 aromatic rings. The zero-order chi connectivity index (χ0) is 23.3. The Kier molecular flexibility index (Phi) is 5.40. The van der Waals surface area contributed by atoms with E-state index < -0.39 is 51.6 Å². The van der Waals surface area contributed by atoms with E-state index in [2.05, 4.69) is 12.6 Å². The van der Waals surface area contributed by atoms with Gasteiger partial charge in [-0.3, -0.25) is 9.69 Å². The zero-order valence-corrected chi connectivity index (χ0v) is 17.0. The summed E-state index contributed by atoms with van der Waals surface area (Å²) in [6.45, 7) is 2.96. The fourth-order valence-corrected chi connectivity index (χ4v) is 4.12. The quantitative estimate of drug-likeness (QED) is 0.536. The molecule has 0 aromatic heterocycles. The summed E-state index contributed by atoms with van der Waals surface area (Å²) in [5.74, 6) is -3.12. The number of anilines is 2. The second kappa shape index (κ2) is 7.46. The summed E-state index contributed by atoms with van der Waals surface area (Å²) in [6.07, 6.45) is -4.82. The number of carbonyl (C=O) groups is 2. The maximum atomic E-state index is 14.2. The van der Waals surface area contributed by atoms with Gasteiger partial charge in [0.2, 0.25) is 0 Å². The number of thiol groups is 1. The lowest BCUT2D eigenvalue weighted by Gasteiger charge is -2.33. The Morgan fingerprint density at radius 2 is 1.81 bits per heavy atom. The molecule has 0 radical (unpaired) electrons. The van der Waals surface area contributed by atoms with Gasteiger partial charge in [-0.2, -0.15) is 18.4 Å². The minimum absolute atomic E-state index is 0.119. The molecular formula is C20H15F4N3O3S. The Labute approximate surface area is 179 Å². The molecule has 1 aliphatic rings. The van der Waals surface area contributed by atoms with Crippen LogP contribution in [0.1, 0.15) is 35.3 Å². The number of halogens is 4. The van der Waals surface area contributed by atoms with E-state index in [-0.39, 0.29) is 11.4 Å². The molecule has 1 fully saturated rings. The predicted molar refractivity (Wildman–Crippen MR) is 106 cm³/mol. The molecule has 1 N–H and O–H groups in total. The molecule has 162 valence electrons. The van der Waals surface area contributed by atoms with Gasteiger partial charge in [0.1, 0.15) is 11.4 Å². The number of carboxylic acids is 1. The van der Waals surface area contributed by atoms with Crippen LogP contribution in [0.2, 0.25) is 0 Å². The number of nitrogens with zero attached hydrogens (tertiary/aromatic N) is 3. The van der Waals surface area contributed by atoms with Crippen LogP contribution in [0.4, 0.5) is 28.9 Å². The van der Waals surface area contributed by atoms with E-state index >= 15 is 0 Å². The van der Waals surface area contributed by atoms with Crippen molar-refractivity contribution in [1.29, 1.82) is 5.26 Å². The van der Waals surface area contributed by atoms with Crippen molar-refractivity contribution in [2.45, 2.75) is 31.1 Å². The van der Waals surface area contributed by atoms with Crippen LogP contribution < -0.4 is 9.80 Å².